The first kappa shape index (κ1) is 18.4. The molecule has 5 N–H and O–H groups in total. The molecule has 0 aliphatic heterocycles. The molecule has 0 aliphatic carbocycles. The average Bonchev–Trinajstić information content (AvgIpc) is 3.14. The molecule has 0 aliphatic rings. The molecule has 0 spiro atoms. The zero-order valence-electron chi connectivity index (χ0n) is 15.8. The van der Waals surface area contributed by atoms with E-state index in [9.17, 15) is 4.39 Å². The van der Waals surface area contributed by atoms with E-state index in [1.54, 1.807) is 30.5 Å². The first-order chi connectivity index (χ1) is 14.0. The number of nitrogens with two attached hydrogens (primary N) is 1. The number of imidazole rings is 1. The Balaban J connectivity index is 1.72. The highest BCUT2D eigenvalue weighted by Gasteiger charge is 2.16. The lowest BCUT2D eigenvalue weighted by Crippen LogP contribution is -2.25. The fourth-order valence-corrected chi connectivity index (χ4v) is 2.99. The van der Waals surface area contributed by atoms with Crippen LogP contribution in [-0.4, -0.2) is 19.6 Å². The van der Waals surface area contributed by atoms with Crippen molar-refractivity contribution in [2.45, 2.75) is 13.5 Å². The Morgan fingerprint density at radius 2 is 1.90 bits per heavy atom. The maximum atomic E-state index is 13.1. The Labute approximate surface area is 166 Å². The van der Waals surface area contributed by atoms with E-state index in [0.717, 1.165) is 28.3 Å². The summed E-state index contributed by atoms with van der Waals surface area (Å²) in [6.45, 7) is 2.35. The van der Waals surface area contributed by atoms with Gasteiger partial charge in [-0.3, -0.25) is 15.1 Å². The molecule has 4 aromatic rings. The lowest BCUT2D eigenvalue weighted by Gasteiger charge is -2.05. The number of hydrogen-bond acceptors (Lipinski definition) is 5. The minimum absolute atomic E-state index is 0.192. The zero-order chi connectivity index (χ0) is 20.4. The summed E-state index contributed by atoms with van der Waals surface area (Å²) in [6, 6.07) is 15.4. The second-order valence-corrected chi connectivity index (χ2v) is 6.64. The molecule has 0 saturated heterocycles. The van der Waals surface area contributed by atoms with Crippen LogP contribution >= 0.6 is 0 Å². The maximum Gasteiger partial charge on any atom is 0.143 e. The van der Waals surface area contributed by atoms with Crippen LogP contribution in [0.15, 0.2) is 60.8 Å². The molecule has 29 heavy (non-hydrogen) atoms. The van der Waals surface area contributed by atoms with Gasteiger partial charge < -0.3 is 16.1 Å². The molecule has 3 heterocycles. The van der Waals surface area contributed by atoms with Crippen LogP contribution in [0.4, 0.5) is 10.1 Å². The normalized spacial score (nSPS) is 10.8. The maximum absolute atomic E-state index is 13.1. The number of aryl methyl sites for hydroxylation is 1. The lowest BCUT2D eigenvalue weighted by molar-refractivity contribution is 0.628. The predicted molar refractivity (Wildman–Crippen MR) is 110 cm³/mol. The molecular weight excluding hydrogens is 369 g/mol. The Bertz CT molecular complexity index is 1210. The van der Waals surface area contributed by atoms with Gasteiger partial charge in [-0.1, -0.05) is 6.07 Å². The lowest BCUT2D eigenvalue weighted by atomic mass is 10.1. The van der Waals surface area contributed by atoms with Crippen molar-refractivity contribution in [1.82, 2.24) is 19.6 Å². The number of rotatable bonds is 5. The fraction of sp³-hybridized carbons (Fsp3) is 0.0952. The molecule has 0 amide bonds. The molecule has 1 aromatic carbocycles. The van der Waals surface area contributed by atoms with Gasteiger partial charge in [-0.25, -0.2) is 9.37 Å². The van der Waals surface area contributed by atoms with Crippen LogP contribution < -0.4 is 16.6 Å². The second-order valence-electron chi connectivity index (χ2n) is 6.64. The van der Waals surface area contributed by atoms with Gasteiger partial charge in [0.1, 0.15) is 17.1 Å². The van der Waals surface area contributed by atoms with Gasteiger partial charge in [0.25, 0.3) is 0 Å². The van der Waals surface area contributed by atoms with Crippen molar-refractivity contribution >= 4 is 5.69 Å². The minimum Gasteiger partial charge on any atom is -0.378 e. The Morgan fingerprint density at radius 3 is 2.62 bits per heavy atom. The summed E-state index contributed by atoms with van der Waals surface area (Å²) in [5.74, 6) is 6.27. The number of nitrogen functional groups attached to an aromatic ring is 1. The van der Waals surface area contributed by atoms with E-state index in [4.69, 9.17) is 16.2 Å². The van der Waals surface area contributed by atoms with E-state index >= 15 is 0 Å². The standard InChI is InChI=1S/C21H20FN7/c1-13-3-2-4-17(26-13)21-20(14-5-10-18(23)29(24)12-14)27-19(28-21)11-25-16-8-6-15(22)7-9-16/h2-10,12,23,25H,11,24H2,1H3,(H,27,28). The van der Waals surface area contributed by atoms with Gasteiger partial charge >= 0.3 is 0 Å². The monoisotopic (exact) mass is 389 g/mol. The number of halogens is 1. The van der Waals surface area contributed by atoms with E-state index in [-0.39, 0.29) is 11.3 Å². The van der Waals surface area contributed by atoms with Crippen molar-refractivity contribution < 1.29 is 4.39 Å². The number of benzene rings is 1. The summed E-state index contributed by atoms with van der Waals surface area (Å²) in [6.07, 6.45) is 1.66. The van der Waals surface area contributed by atoms with E-state index in [0.29, 0.717) is 18.1 Å². The van der Waals surface area contributed by atoms with Gasteiger partial charge in [-0.2, -0.15) is 0 Å². The summed E-state index contributed by atoms with van der Waals surface area (Å²) >= 11 is 0. The second kappa shape index (κ2) is 7.59. The number of pyridine rings is 2. The number of H-pyrrole nitrogens is 1. The number of nitrogens with zero attached hydrogens (tertiary/aromatic N) is 3. The van der Waals surface area contributed by atoms with Crippen LogP contribution in [0.5, 0.6) is 0 Å². The van der Waals surface area contributed by atoms with Crippen LogP contribution in [0, 0.1) is 18.2 Å². The summed E-state index contributed by atoms with van der Waals surface area (Å²) in [5.41, 5.74) is 4.87. The van der Waals surface area contributed by atoms with E-state index in [2.05, 4.69) is 15.3 Å². The SMILES string of the molecule is Cc1cccc(-c2[nH]c(CNc3ccc(F)cc3)nc2-c2ccc(=N)n(N)c2)n1. The molecule has 0 atom stereocenters. The van der Waals surface area contributed by atoms with E-state index < -0.39 is 0 Å². The van der Waals surface area contributed by atoms with Crippen molar-refractivity contribution in [2.75, 3.05) is 11.2 Å². The molecule has 0 fully saturated rings. The molecule has 146 valence electrons. The molecule has 7 nitrogen and oxygen atoms in total. The third-order valence-corrected chi connectivity index (χ3v) is 4.45. The average molecular weight is 389 g/mol. The molecule has 0 radical (unpaired) electrons. The largest absolute Gasteiger partial charge is 0.378 e. The van der Waals surface area contributed by atoms with Crippen LogP contribution in [0.2, 0.25) is 0 Å². The summed E-state index contributed by atoms with van der Waals surface area (Å²) in [7, 11) is 0. The number of aromatic nitrogens is 4. The summed E-state index contributed by atoms with van der Waals surface area (Å²) in [4.78, 5) is 12.7. The van der Waals surface area contributed by atoms with Gasteiger partial charge in [0.2, 0.25) is 0 Å². The first-order valence-corrected chi connectivity index (χ1v) is 9.05. The van der Waals surface area contributed by atoms with Crippen LogP contribution in [0.1, 0.15) is 11.5 Å². The molecule has 3 aromatic heterocycles. The number of hydrogen-bond donors (Lipinski definition) is 4. The van der Waals surface area contributed by atoms with Gasteiger partial charge in [0.05, 0.1) is 23.6 Å². The topological polar surface area (TPSA) is 108 Å². The van der Waals surface area contributed by atoms with Gasteiger partial charge in [-0.05, 0) is 55.5 Å². The molecule has 8 heteroatoms. The highest BCUT2D eigenvalue weighted by molar-refractivity contribution is 5.76. The predicted octanol–water partition coefficient (Wildman–Crippen LogP) is 3.19. The zero-order valence-corrected chi connectivity index (χ0v) is 15.8. The molecule has 0 unspecified atom stereocenters. The smallest absolute Gasteiger partial charge is 0.143 e. The van der Waals surface area contributed by atoms with Crippen molar-refractivity contribution in [2.24, 2.45) is 0 Å². The molecule has 0 saturated carbocycles. The minimum atomic E-state index is -0.281. The molecule has 4 rings (SSSR count). The highest BCUT2D eigenvalue weighted by Crippen LogP contribution is 2.29. The molecule has 0 bridgehead atoms. The summed E-state index contributed by atoms with van der Waals surface area (Å²) < 4.78 is 14.3. The Hall–Kier alpha value is -3.94. The quantitative estimate of drug-likeness (QED) is 0.393. The van der Waals surface area contributed by atoms with Crippen LogP contribution in [-0.2, 0) is 6.54 Å². The van der Waals surface area contributed by atoms with Crippen LogP contribution in [0.3, 0.4) is 0 Å². The van der Waals surface area contributed by atoms with Gasteiger partial charge in [0.15, 0.2) is 0 Å². The van der Waals surface area contributed by atoms with Gasteiger partial charge in [-0.15, -0.1) is 0 Å². The highest BCUT2D eigenvalue weighted by atomic mass is 19.1. The number of nitrogens with one attached hydrogen (secondary N) is 3. The van der Waals surface area contributed by atoms with Crippen molar-refractivity contribution in [1.29, 1.82) is 5.41 Å². The van der Waals surface area contributed by atoms with E-state index in [1.807, 2.05) is 25.1 Å². The van der Waals surface area contributed by atoms with Crippen molar-refractivity contribution in [3.05, 3.63) is 83.6 Å². The first-order valence-electron chi connectivity index (χ1n) is 9.05. The Morgan fingerprint density at radius 1 is 1.10 bits per heavy atom. The van der Waals surface area contributed by atoms with Gasteiger partial charge in [0, 0.05) is 23.1 Å². The fourth-order valence-electron chi connectivity index (χ4n) is 2.99. The number of aromatic amines is 1. The Kier molecular flexibility index (Phi) is 4.82. The third kappa shape index (κ3) is 4.01. The number of anilines is 1. The third-order valence-electron chi connectivity index (χ3n) is 4.45. The van der Waals surface area contributed by atoms with Crippen LogP contribution in [0.25, 0.3) is 22.6 Å². The van der Waals surface area contributed by atoms with Crippen molar-refractivity contribution in [3.8, 4) is 22.6 Å². The summed E-state index contributed by atoms with van der Waals surface area (Å²) in [5, 5.41) is 11.0. The van der Waals surface area contributed by atoms with E-state index in [1.165, 1.54) is 16.8 Å². The molecular formula is C21H20FN7. The van der Waals surface area contributed by atoms with Crippen molar-refractivity contribution in [3.63, 3.8) is 0 Å².